The van der Waals surface area contributed by atoms with Crippen LogP contribution in [0.5, 0.6) is 0 Å². The molecule has 0 spiro atoms. The summed E-state index contributed by atoms with van der Waals surface area (Å²) >= 11 is 0. The minimum absolute atomic E-state index is 1.10. The molecule has 0 atom stereocenters. The van der Waals surface area contributed by atoms with Gasteiger partial charge in [0.15, 0.2) is 0 Å². The molecule has 0 fully saturated rings. The lowest BCUT2D eigenvalue weighted by atomic mass is 9.99. The lowest BCUT2D eigenvalue weighted by Crippen LogP contribution is -1.84. The van der Waals surface area contributed by atoms with Crippen molar-refractivity contribution in [1.29, 1.82) is 0 Å². The molecule has 0 saturated carbocycles. The summed E-state index contributed by atoms with van der Waals surface area (Å²) in [6, 6.07) is 80.7. The van der Waals surface area contributed by atoms with Crippen LogP contribution in [-0.4, -0.2) is 0 Å². The van der Waals surface area contributed by atoms with E-state index in [1.165, 1.54) is 200 Å². The van der Waals surface area contributed by atoms with Crippen LogP contribution in [0.15, 0.2) is 218 Å². The van der Waals surface area contributed by atoms with Crippen molar-refractivity contribution >= 4 is 0 Å². The summed E-state index contributed by atoms with van der Waals surface area (Å²) in [6.45, 7) is 74.1. The number of aryl methyl sites for hydroxylation is 12. The standard InChI is InChI=1S/6C15H14.12C2H6/c1-10-5-4-8-13-14(10)9-12-7-3-6-11(2)15(12)13;1-10-4-6-14-13(7-10)9-12-5-3-11(2)8-15(12)14;1-10-3-5-14-12(7-10)9-13-8-11(2)4-6-15(13)14;1-10-3-5-12-9-13-6-4-11(2)8-15(13)14(12)7-10;1-10-6-7-12-9-14-11(2)4-3-5-13(14)15(12)8-10;1-10-6-7-14-13(8-10)9-12-5-3-4-11(2)15(12)14;12*1-2/h6*3-8H,9H2,1-2H3;12*1-2H3. The molecule has 0 unspecified atom stereocenters. The second-order valence-corrected chi connectivity index (χ2v) is 26.8. The Morgan fingerprint density at radius 1 is 0.140 bits per heavy atom. The molecule has 18 rings (SSSR count). The third kappa shape index (κ3) is 26.9. The molecule has 0 aromatic heterocycles. The quantitative estimate of drug-likeness (QED) is 0.142. The number of benzene rings is 12. The van der Waals surface area contributed by atoms with Gasteiger partial charge in [0, 0.05) is 0 Å². The summed E-state index contributed by atoms with van der Waals surface area (Å²) in [5, 5.41) is 0. The van der Waals surface area contributed by atoms with Gasteiger partial charge >= 0.3 is 0 Å². The Bertz CT molecular complexity index is 4670. The molecule has 6 aliphatic rings. The number of hydrogen-bond acceptors (Lipinski definition) is 0. The molecule has 0 N–H and O–H groups in total. The van der Waals surface area contributed by atoms with Gasteiger partial charge in [-0.2, -0.15) is 0 Å². The lowest BCUT2D eigenvalue weighted by molar-refractivity contribution is 1.21. The normalized spacial score (nSPS) is 10.4. The largest absolute Gasteiger partial charge is 0.0683 e. The van der Waals surface area contributed by atoms with Crippen molar-refractivity contribution in [2.75, 3.05) is 0 Å². The van der Waals surface area contributed by atoms with Crippen LogP contribution in [0, 0.1) is 83.1 Å². The Hall–Kier alpha value is -9.36. The molecule has 0 bridgehead atoms. The summed E-state index contributed by atoms with van der Waals surface area (Å²) < 4.78 is 0. The van der Waals surface area contributed by atoms with E-state index < -0.39 is 0 Å². The fraction of sp³-hybridized carbons (Fsp3) is 0.368. The van der Waals surface area contributed by atoms with Gasteiger partial charge in [-0.1, -0.05) is 429 Å². The third-order valence-electron chi connectivity index (χ3n) is 19.6. The molecular formula is C114H156. The van der Waals surface area contributed by atoms with E-state index >= 15 is 0 Å². The summed E-state index contributed by atoms with van der Waals surface area (Å²) in [5.41, 5.74) is 51.6. The highest BCUT2D eigenvalue weighted by Gasteiger charge is 2.24. The van der Waals surface area contributed by atoms with Crippen LogP contribution in [0.3, 0.4) is 0 Å². The molecule has 0 heteroatoms. The first kappa shape index (κ1) is 103. The molecule has 0 amide bonds. The van der Waals surface area contributed by atoms with Gasteiger partial charge < -0.3 is 0 Å². The van der Waals surface area contributed by atoms with E-state index in [4.69, 9.17) is 0 Å². The molecule has 114 heavy (non-hydrogen) atoms. The van der Waals surface area contributed by atoms with Crippen LogP contribution in [0.4, 0.5) is 0 Å². The maximum atomic E-state index is 2.31. The van der Waals surface area contributed by atoms with Crippen molar-refractivity contribution in [1.82, 2.24) is 0 Å². The summed E-state index contributed by atoms with van der Waals surface area (Å²) in [7, 11) is 0. The second kappa shape index (κ2) is 55.2. The summed E-state index contributed by atoms with van der Waals surface area (Å²) in [5.74, 6) is 0. The van der Waals surface area contributed by atoms with Crippen molar-refractivity contribution in [2.24, 2.45) is 0 Å². The maximum Gasteiger partial charge on any atom is -0.00107 e. The number of rotatable bonds is 0. The lowest BCUT2D eigenvalue weighted by Gasteiger charge is -2.05. The van der Waals surface area contributed by atoms with E-state index in [1.807, 2.05) is 166 Å². The van der Waals surface area contributed by atoms with Gasteiger partial charge in [0.1, 0.15) is 0 Å². The molecule has 6 aliphatic carbocycles. The SMILES string of the molecule is CC.CC.CC.CC.CC.CC.CC.CC.CC.CC.CC.CC.Cc1ccc2c(c1)-c1cc(C)ccc1C2.Cc1ccc2c(c1)-c1cccc(C)c1C2.Cc1ccc2c(c1)Cc1cc(C)ccc1-2.Cc1ccc2c(c1)Cc1ccc(C)cc1-2.Cc1ccc2c(c1)Cc1cccc(C)c1-2.Cc1cccc2c1Cc1cccc(C)c1-2. The fourth-order valence-electron chi connectivity index (χ4n) is 15.0. The van der Waals surface area contributed by atoms with Crippen LogP contribution < -0.4 is 0 Å². The zero-order chi connectivity index (χ0) is 86.5. The number of hydrogen-bond donors (Lipinski definition) is 0. The van der Waals surface area contributed by atoms with E-state index in [-0.39, 0.29) is 0 Å². The summed E-state index contributed by atoms with van der Waals surface area (Å²) in [4.78, 5) is 0. The summed E-state index contributed by atoms with van der Waals surface area (Å²) in [6.07, 6.45) is 6.64. The molecule has 0 saturated heterocycles. The topological polar surface area (TPSA) is 0 Å². The van der Waals surface area contributed by atoms with E-state index in [1.54, 1.807) is 0 Å². The molecule has 0 heterocycles. The van der Waals surface area contributed by atoms with Crippen LogP contribution in [0.25, 0.3) is 66.8 Å². The van der Waals surface area contributed by atoms with Gasteiger partial charge in [-0.05, 0) is 277 Å². The maximum absolute atomic E-state index is 2.31. The second-order valence-electron chi connectivity index (χ2n) is 26.8. The molecular weight excluding hydrogens is 1370 g/mol. The zero-order valence-corrected chi connectivity index (χ0v) is 79.0. The van der Waals surface area contributed by atoms with Crippen LogP contribution in [0.1, 0.15) is 300 Å². The average molecular weight is 1530 g/mol. The van der Waals surface area contributed by atoms with E-state index in [2.05, 4.69) is 301 Å². The van der Waals surface area contributed by atoms with Crippen LogP contribution in [-0.2, 0) is 38.5 Å². The first-order valence-electron chi connectivity index (χ1n) is 44.6. The van der Waals surface area contributed by atoms with Crippen molar-refractivity contribution in [3.8, 4) is 66.8 Å². The van der Waals surface area contributed by atoms with Crippen LogP contribution >= 0.6 is 0 Å². The zero-order valence-electron chi connectivity index (χ0n) is 79.0. The van der Waals surface area contributed by atoms with E-state index in [9.17, 15) is 0 Å². The Kier molecular flexibility index (Phi) is 49.7. The van der Waals surface area contributed by atoms with Gasteiger partial charge in [0.05, 0.1) is 0 Å². The highest BCUT2D eigenvalue weighted by Crippen LogP contribution is 2.44. The molecule has 12 aromatic rings. The Morgan fingerprint density at radius 2 is 0.351 bits per heavy atom. The van der Waals surface area contributed by atoms with Gasteiger partial charge in [-0.15, -0.1) is 0 Å². The molecule has 612 valence electrons. The molecule has 12 aromatic carbocycles. The molecule has 0 nitrogen and oxygen atoms in total. The van der Waals surface area contributed by atoms with E-state index in [0.29, 0.717) is 0 Å². The van der Waals surface area contributed by atoms with Crippen molar-refractivity contribution in [3.05, 3.63) is 352 Å². The molecule has 0 radical (unpaired) electrons. The first-order chi connectivity index (χ1) is 55.5. The molecule has 0 aliphatic heterocycles. The Morgan fingerprint density at radius 3 is 0.719 bits per heavy atom. The predicted molar refractivity (Wildman–Crippen MR) is 521 cm³/mol. The third-order valence-corrected chi connectivity index (χ3v) is 19.6. The van der Waals surface area contributed by atoms with Gasteiger partial charge in [0.2, 0.25) is 0 Å². The highest BCUT2D eigenvalue weighted by molar-refractivity contribution is 5.83. The average Bonchev–Trinajstić information content (AvgIpc) is 1.65. The van der Waals surface area contributed by atoms with Gasteiger partial charge in [-0.25, -0.2) is 0 Å². The minimum Gasteiger partial charge on any atom is -0.0683 e. The highest BCUT2D eigenvalue weighted by atomic mass is 14.3. The van der Waals surface area contributed by atoms with E-state index in [0.717, 1.165) is 38.5 Å². The Balaban J connectivity index is 0.000000648. The van der Waals surface area contributed by atoms with Gasteiger partial charge in [0.25, 0.3) is 0 Å². The van der Waals surface area contributed by atoms with Crippen molar-refractivity contribution in [2.45, 2.75) is 288 Å². The fourth-order valence-corrected chi connectivity index (χ4v) is 15.0. The minimum atomic E-state index is 1.10. The Labute approximate surface area is 701 Å². The van der Waals surface area contributed by atoms with Crippen LogP contribution in [0.2, 0.25) is 0 Å². The first-order valence-corrected chi connectivity index (χ1v) is 44.6. The number of fused-ring (bicyclic) bond motifs is 18. The smallest absolute Gasteiger partial charge is 0.00107 e. The van der Waals surface area contributed by atoms with Crippen molar-refractivity contribution < 1.29 is 0 Å². The predicted octanol–water partition coefficient (Wildman–Crippen LogP) is 35.6. The van der Waals surface area contributed by atoms with Crippen molar-refractivity contribution in [3.63, 3.8) is 0 Å². The monoisotopic (exact) mass is 1530 g/mol. The van der Waals surface area contributed by atoms with Gasteiger partial charge in [-0.3, -0.25) is 0 Å².